The molecule has 0 aliphatic heterocycles. The third-order valence-corrected chi connectivity index (χ3v) is 6.60. The number of carbonyl (C=O) groups excluding carboxylic acids is 1. The molecular formula is C30H25ClO5. The van der Waals surface area contributed by atoms with Gasteiger partial charge in [0.1, 0.15) is 11.2 Å². The second-order valence-corrected chi connectivity index (χ2v) is 10.3. The summed E-state index contributed by atoms with van der Waals surface area (Å²) in [4.78, 5) is 26.4. The summed E-state index contributed by atoms with van der Waals surface area (Å²) in [6.45, 7) is 7.84. The maximum atomic E-state index is 13.5. The van der Waals surface area contributed by atoms with Crippen LogP contribution >= 0.6 is 11.6 Å². The van der Waals surface area contributed by atoms with E-state index in [2.05, 4.69) is 20.8 Å². The van der Waals surface area contributed by atoms with Crippen molar-refractivity contribution in [3.05, 3.63) is 98.9 Å². The van der Waals surface area contributed by atoms with Crippen molar-refractivity contribution in [3.63, 3.8) is 0 Å². The largest absolute Gasteiger partial charge is 0.478 e. The van der Waals surface area contributed by atoms with Gasteiger partial charge in [-0.3, -0.25) is 9.59 Å². The highest BCUT2D eigenvalue weighted by atomic mass is 35.5. The Labute approximate surface area is 213 Å². The second-order valence-electron chi connectivity index (χ2n) is 9.87. The summed E-state index contributed by atoms with van der Waals surface area (Å²) in [5, 5.41) is 1.55. The molecule has 0 unspecified atom stereocenters. The number of aryl methyl sites for hydroxylation is 1. The number of hydrogen-bond donors (Lipinski definition) is 0. The first-order valence-corrected chi connectivity index (χ1v) is 12.0. The standard InChI is InChI=1S/C30H25ClO5/c1-17-13-25-21(15-22(17)31)27(33)29(28(36-25)18-9-11-20(12-10-18)30(2,3)4)34-16-23(32)26-14-19-7-5-6-8-24(19)35-26/h5-15H,16H2,1-4H3. The molecule has 2 heterocycles. The van der Waals surface area contributed by atoms with Crippen LogP contribution in [0.2, 0.25) is 5.02 Å². The van der Waals surface area contributed by atoms with Crippen molar-refractivity contribution in [1.29, 1.82) is 0 Å². The van der Waals surface area contributed by atoms with Gasteiger partial charge in [-0.1, -0.05) is 74.8 Å². The first-order chi connectivity index (χ1) is 17.1. The van der Waals surface area contributed by atoms with Crippen LogP contribution in [0.15, 0.2) is 80.4 Å². The van der Waals surface area contributed by atoms with Crippen molar-refractivity contribution in [3.8, 4) is 17.1 Å². The lowest BCUT2D eigenvalue weighted by Gasteiger charge is -2.19. The predicted molar refractivity (Wildman–Crippen MR) is 142 cm³/mol. The molecule has 3 aromatic carbocycles. The van der Waals surface area contributed by atoms with Crippen LogP contribution in [0.4, 0.5) is 0 Å². The molecule has 0 atom stereocenters. The number of fused-ring (bicyclic) bond motifs is 2. The minimum atomic E-state index is -0.398. The Kier molecular flexibility index (Phi) is 5.97. The number of carbonyl (C=O) groups is 1. The Morgan fingerprint density at radius 1 is 0.944 bits per heavy atom. The molecule has 0 N–H and O–H groups in total. The summed E-state index contributed by atoms with van der Waals surface area (Å²) >= 11 is 6.29. The fraction of sp³-hybridized carbons (Fsp3) is 0.200. The van der Waals surface area contributed by atoms with Gasteiger partial charge in [-0.2, -0.15) is 0 Å². The molecule has 5 aromatic rings. The third-order valence-electron chi connectivity index (χ3n) is 6.19. The van der Waals surface area contributed by atoms with Crippen LogP contribution < -0.4 is 10.2 Å². The van der Waals surface area contributed by atoms with Crippen LogP contribution in [0.5, 0.6) is 5.75 Å². The Morgan fingerprint density at radius 2 is 1.67 bits per heavy atom. The molecule has 0 saturated heterocycles. The average molecular weight is 501 g/mol. The van der Waals surface area contributed by atoms with Crippen molar-refractivity contribution in [1.82, 2.24) is 0 Å². The highest BCUT2D eigenvalue weighted by Gasteiger charge is 2.22. The molecule has 0 bridgehead atoms. The van der Waals surface area contributed by atoms with E-state index in [1.165, 1.54) is 0 Å². The quantitative estimate of drug-likeness (QED) is 0.231. The number of rotatable bonds is 5. The van der Waals surface area contributed by atoms with Crippen LogP contribution in [0.3, 0.4) is 0 Å². The van der Waals surface area contributed by atoms with Gasteiger partial charge in [0.05, 0.1) is 5.39 Å². The zero-order valence-electron chi connectivity index (χ0n) is 20.5. The zero-order chi connectivity index (χ0) is 25.6. The molecule has 5 rings (SSSR count). The Bertz CT molecular complexity index is 1630. The molecule has 6 heteroatoms. The van der Waals surface area contributed by atoms with E-state index < -0.39 is 5.43 Å². The SMILES string of the molecule is Cc1cc2oc(-c3ccc(C(C)(C)C)cc3)c(OCC(=O)c3cc4ccccc4o3)c(=O)c2cc1Cl. The number of para-hydroxylation sites is 1. The molecule has 0 spiro atoms. The summed E-state index contributed by atoms with van der Waals surface area (Å²) in [5.74, 6) is -0.0136. The van der Waals surface area contributed by atoms with Crippen molar-refractivity contribution in [2.75, 3.05) is 6.61 Å². The smallest absolute Gasteiger partial charge is 0.235 e. The minimum Gasteiger partial charge on any atom is -0.478 e. The molecule has 0 aliphatic rings. The molecular weight excluding hydrogens is 476 g/mol. The van der Waals surface area contributed by atoms with E-state index >= 15 is 0 Å². The third kappa shape index (κ3) is 4.42. The number of Topliss-reactive ketones (excluding diaryl/α,β-unsaturated/α-hetero) is 1. The number of furan rings is 1. The lowest BCUT2D eigenvalue weighted by Crippen LogP contribution is -2.17. The van der Waals surface area contributed by atoms with Crippen LogP contribution in [0.25, 0.3) is 33.3 Å². The highest BCUT2D eigenvalue weighted by Crippen LogP contribution is 2.34. The van der Waals surface area contributed by atoms with Gasteiger partial charge in [0, 0.05) is 16.0 Å². The number of benzene rings is 3. The van der Waals surface area contributed by atoms with Gasteiger partial charge in [0.15, 0.2) is 18.1 Å². The van der Waals surface area contributed by atoms with Gasteiger partial charge in [0.2, 0.25) is 17.0 Å². The Morgan fingerprint density at radius 3 is 2.36 bits per heavy atom. The van der Waals surface area contributed by atoms with E-state index in [1.54, 1.807) is 24.3 Å². The first-order valence-electron chi connectivity index (χ1n) is 11.6. The molecule has 0 fully saturated rings. The van der Waals surface area contributed by atoms with Crippen molar-refractivity contribution < 1.29 is 18.4 Å². The number of ketones is 1. The Hall–Kier alpha value is -3.83. The van der Waals surface area contributed by atoms with Crippen LogP contribution in [-0.2, 0) is 5.41 Å². The van der Waals surface area contributed by atoms with Gasteiger partial charge >= 0.3 is 0 Å². The predicted octanol–water partition coefficient (Wildman–Crippen LogP) is 7.73. The van der Waals surface area contributed by atoms with E-state index in [9.17, 15) is 9.59 Å². The molecule has 2 aromatic heterocycles. The summed E-state index contributed by atoms with van der Waals surface area (Å²) in [5.41, 5.74) is 3.17. The summed E-state index contributed by atoms with van der Waals surface area (Å²) in [7, 11) is 0. The monoisotopic (exact) mass is 500 g/mol. The van der Waals surface area contributed by atoms with Gasteiger partial charge < -0.3 is 13.6 Å². The van der Waals surface area contributed by atoms with Gasteiger partial charge in [-0.15, -0.1) is 0 Å². The van der Waals surface area contributed by atoms with Crippen molar-refractivity contribution in [2.45, 2.75) is 33.1 Å². The van der Waals surface area contributed by atoms with E-state index in [-0.39, 0.29) is 40.5 Å². The first kappa shape index (κ1) is 23.9. The zero-order valence-corrected chi connectivity index (χ0v) is 21.2. The molecule has 36 heavy (non-hydrogen) atoms. The van der Waals surface area contributed by atoms with E-state index in [4.69, 9.17) is 25.2 Å². The van der Waals surface area contributed by atoms with Gasteiger partial charge in [-0.25, -0.2) is 0 Å². The average Bonchev–Trinajstić information content (AvgIpc) is 3.28. The second kappa shape index (κ2) is 8.99. The lowest BCUT2D eigenvalue weighted by molar-refractivity contribution is 0.0894. The maximum Gasteiger partial charge on any atom is 0.235 e. The summed E-state index contributed by atoms with van der Waals surface area (Å²) in [6, 6.07) is 20.1. The van der Waals surface area contributed by atoms with Crippen LogP contribution in [0, 0.1) is 6.92 Å². The van der Waals surface area contributed by atoms with Crippen molar-refractivity contribution >= 4 is 39.3 Å². The van der Waals surface area contributed by atoms with Gasteiger partial charge in [-0.05, 0) is 47.7 Å². The van der Waals surface area contributed by atoms with Gasteiger partial charge in [0.25, 0.3) is 0 Å². The summed E-state index contributed by atoms with van der Waals surface area (Å²) in [6.07, 6.45) is 0. The Balaban J connectivity index is 1.57. The number of ether oxygens (including phenoxy) is 1. The topological polar surface area (TPSA) is 69.7 Å². The number of halogens is 1. The molecule has 0 aliphatic carbocycles. The molecule has 0 radical (unpaired) electrons. The van der Waals surface area contributed by atoms with E-state index in [1.807, 2.05) is 49.4 Å². The fourth-order valence-electron chi connectivity index (χ4n) is 4.07. The number of hydrogen-bond acceptors (Lipinski definition) is 5. The minimum absolute atomic E-state index is 0.0328. The van der Waals surface area contributed by atoms with Crippen molar-refractivity contribution in [2.24, 2.45) is 0 Å². The normalized spacial score (nSPS) is 11.8. The van der Waals surface area contributed by atoms with Crippen LogP contribution in [0.1, 0.15) is 42.5 Å². The van der Waals surface area contributed by atoms with Crippen LogP contribution in [-0.4, -0.2) is 12.4 Å². The molecule has 0 amide bonds. The highest BCUT2D eigenvalue weighted by molar-refractivity contribution is 6.32. The molecule has 0 saturated carbocycles. The molecule has 182 valence electrons. The fourth-order valence-corrected chi connectivity index (χ4v) is 4.23. The lowest BCUT2D eigenvalue weighted by atomic mass is 9.86. The molecule has 5 nitrogen and oxygen atoms in total. The van der Waals surface area contributed by atoms with E-state index in [0.717, 1.165) is 16.5 Å². The summed E-state index contributed by atoms with van der Waals surface area (Å²) < 4.78 is 17.7. The maximum absolute atomic E-state index is 13.5. The van der Waals surface area contributed by atoms with E-state index in [0.29, 0.717) is 21.8 Å².